The van der Waals surface area contributed by atoms with E-state index in [1.807, 2.05) is 0 Å². The number of nitrogens with zero attached hydrogens (tertiary/aromatic N) is 1. The molecule has 0 fully saturated rings. The summed E-state index contributed by atoms with van der Waals surface area (Å²) in [4.78, 5) is 15.4. The second-order valence-electron chi connectivity index (χ2n) is 4.66. The van der Waals surface area contributed by atoms with Crippen molar-refractivity contribution >= 4 is 6.16 Å². The van der Waals surface area contributed by atoms with Crippen LogP contribution in [0.15, 0.2) is 28.7 Å². The number of rotatable bonds is 5. The standard InChI is InChI=1S/C15H14F3NO5/c1-9-13(24-14(20)22-8-7-21-2)23-12(19-9)10-3-5-11(6-4-10)15(16,17)18/h3-6H,7-8H2,1-2H3. The van der Waals surface area contributed by atoms with Crippen molar-refractivity contribution in [2.75, 3.05) is 20.3 Å². The van der Waals surface area contributed by atoms with Gasteiger partial charge in [-0.05, 0) is 31.2 Å². The summed E-state index contributed by atoms with van der Waals surface area (Å²) < 4.78 is 57.2. The molecule has 0 aliphatic carbocycles. The van der Waals surface area contributed by atoms with Crippen molar-refractivity contribution in [3.05, 3.63) is 35.5 Å². The Kier molecular flexibility index (Phi) is 5.45. The van der Waals surface area contributed by atoms with E-state index in [9.17, 15) is 18.0 Å². The molecule has 0 N–H and O–H groups in total. The third-order valence-corrected chi connectivity index (χ3v) is 2.90. The van der Waals surface area contributed by atoms with E-state index in [0.29, 0.717) is 5.56 Å². The van der Waals surface area contributed by atoms with Crippen molar-refractivity contribution in [2.45, 2.75) is 13.1 Å². The molecule has 0 amide bonds. The largest absolute Gasteiger partial charge is 0.516 e. The van der Waals surface area contributed by atoms with E-state index in [-0.39, 0.29) is 30.7 Å². The number of methoxy groups -OCH3 is 1. The van der Waals surface area contributed by atoms with Crippen LogP contribution in [0.2, 0.25) is 0 Å². The zero-order chi connectivity index (χ0) is 17.7. The van der Waals surface area contributed by atoms with Crippen LogP contribution in [0.3, 0.4) is 0 Å². The fourth-order valence-electron chi connectivity index (χ4n) is 1.72. The maximum absolute atomic E-state index is 12.5. The van der Waals surface area contributed by atoms with Gasteiger partial charge in [0.15, 0.2) is 0 Å². The van der Waals surface area contributed by atoms with Crippen molar-refractivity contribution in [1.29, 1.82) is 0 Å². The van der Waals surface area contributed by atoms with Crippen LogP contribution in [0.1, 0.15) is 11.3 Å². The quantitative estimate of drug-likeness (QED) is 0.606. The Morgan fingerprint density at radius 2 is 1.88 bits per heavy atom. The lowest BCUT2D eigenvalue weighted by Gasteiger charge is -2.06. The number of carbonyl (C=O) groups is 1. The summed E-state index contributed by atoms with van der Waals surface area (Å²) in [6.45, 7) is 1.74. The maximum Gasteiger partial charge on any atom is 0.516 e. The van der Waals surface area contributed by atoms with Gasteiger partial charge in [0.2, 0.25) is 5.89 Å². The molecule has 24 heavy (non-hydrogen) atoms. The monoisotopic (exact) mass is 345 g/mol. The third-order valence-electron chi connectivity index (χ3n) is 2.90. The fourth-order valence-corrected chi connectivity index (χ4v) is 1.72. The predicted octanol–water partition coefficient (Wildman–Crippen LogP) is 3.83. The van der Waals surface area contributed by atoms with Crippen LogP contribution in [0.5, 0.6) is 5.95 Å². The van der Waals surface area contributed by atoms with Gasteiger partial charge in [-0.2, -0.15) is 13.2 Å². The predicted molar refractivity (Wildman–Crippen MR) is 75.5 cm³/mol. The van der Waals surface area contributed by atoms with Crippen molar-refractivity contribution in [2.24, 2.45) is 0 Å². The van der Waals surface area contributed by atoms with E-state index in [2.05, 4.69) is 4.98 Å². The summed E-state index contributed by atoms with van der Waals surface area (Å²) in [7, 11) is 1.45. The number of carbonyl (C=O) groups excluding carboxylic acids is 1. The molecule has 0 bridgehead atoms. The average molecular weight is 345 g/mol. The Hall–Kier alpha value is -2.55. The van der Waals surface area contributed by atoms with E-state index >= 15 is 0 Å². The molecule has 0 radical (unpaired) electrons. The minimum Gasteiger partial charge on any atom is -0.431 e. The van der Waals surface area contributed by atoms with Gasteiger partial charge in [-0.3, -0.25) is 0 Å². The van der Waals surface area contributed by atoms with Crippen molar-refractivity contribution < 1.29 is 36.6 Å². The summed E-state index contributed by atoms with van der Waals surface area (Å²) in [5, 5.41) is 0. The Morgan fingerprint density at radius 3 is 2.46 bits per heavy atom. The lowest BCUT2D eigenvalue weighted by atomic mass is 10.1. The molecule has 6 nitrogen and oxygen atoms in total. The Bertz CT molecular complexity index is 694. The van der Waals surface area contributed by atoms with Gasteiger partial charge in [-0.25, -0.2) is 9.78 Å². The maximum atomic E-state index is 12.5. The number of aryl methyl sites for hydroxylation is 1. The molecule has 1 aromatic heterocycles. The van der Waals surface area contributed by atoms with Gasteiger partial charge in [-0.1, -0.05) is 0 Å². The van der Waals surface area contributed by atoms with E-state index in [0.717, 1.165) is 12.1 Å². The zero-order valence-electron chi connectivity index (χ0n) is 12.8. The van der Waals surface area contributed by atoms with Gasteiger partial charge >= 0.3 is 18.3 Å². The molecule has 130 valence electrons. The van der Waals surface area contributed by atoms with Crippen LogP contribution in [0.4, 0.5) is 18.0 Å². The molecule has 2 rings (SSSR count). The van der Waals surface area contributed by atoms with Gasteiger partial charge in [0.05, 0.1) is 12.2 Å². The fraction of sp³-hybridized carbons (Fsp3) is 0.333. The lowest BCUT2D eigenvalue weighted by molar-refractivity contribution is -0.137. The summed E-state index contributed by atoms with van der Waals surface area (Å²) >= 11 is 0. The van der Waals surface area contributed by atoms with E-state index in [1.54, 1.807) is 0 Å². The van der Waals surface area contributed by atoms with Gasteiger partial charge in [-0.15, -0.1) is 0 Å². The van der Waals surface area contributed by atoms with Crippen molar-refractivity contribution in [3.8, 4) is 17.4 Å². The highest BCUT2D eigenvalue weighted by Gasteiger charge is 2.30. The Labute approximate surface area is 135 Å². The molecule has 0 spiro atoms. The number of benzene rings is 1. The number of oxazole rings is 1. The first-order chi connectivity index (χ1) is 11.3. The first kappa shape index (κ1) is 17.8. The molecule has 0 aliphatic heterocycles. The highest BCUT2D eigenvalue weighted by Crippen LogP contribution is 2.32. The summed E-state index contributed by atoms with van der Waals surface area (Å²) in [5.74, 6) is -0.159. The van der Waals surface area contributed by atoms with Crippen molar-refractivity contribution in [1.82, 2.24) is 4.98 Å². The highest BCUT2D eigenvalue weighted by molar-refractivity contribution is 5.64. The van der Waals surface area contributed by atoms with Gasteiger partial charge in [0.25, 0.3) is 0 Å². The zero-order valence-corrected chi connectivity index (χ0v) is 12.8. The highest BCUT2D eigenvalue weighted by atomic mass is 19.4. The van der Waals surface area contributed by atoms with E-state index in [1.165, 1.54) is 26.2 Å². The molecule has 0 saturated carbocycles. The molecule has 0 atom stereocenters. The summed E-state index contributed by atoms with van der Waals surface area (Å²) in [6, 6.07) is 4.26. The van der Waals surface area contributed by atoms with Gasteiger partial charge < -0.3 is 18.6 Å². The number of ether oxygens (including phenoxy) is 3. The molecule has 0 aliphatic rings. The van der Waals surface area contributed by atoms with Crippen molar-refractivity contribution in [3.63, 3.8) is 0 Å². The number of aromatic nitrogens is 1. The summed E-state index contributed by atoms with van der Waals surface area (Å²) in [6.07, 6.45) is -5.42. The van der Waals surface area contributed by atoms with Crippen LogP contribution < -0.4 is 4.74 Å². The number of hydrogen-bond acceptors (Lipinski definition) is 6. The molecule has 0 saturated heterocycles. The Balaban J connectivity index is 2.09. The van der Waals surface area contributed by atoms with E-state index in [4.69, 9.17) is 18.6 Å². The average Bonchev–Trinajstić information content (AvgIpc) is 2.88. The second kappa shape index (κ2) is 7.35. The van der Waals surface area contributed by atoms with Crippen LogP contribution >= 0.6 is 0 Å². The molecular weight excluding hydrogens is 331 g/mol. The second-order valence-corrected chi connectivity index (χ2v) is 4.66. The molecule has 0 unspecified atom stereocenters. The smallest absolute Gasteiger partial charge is 0.431 e. The normalized spacial score (nSPS) is 11.4. The van der Waals surface area contributed by atoms with Gasteiger partial charge in [0, 0.05) is 12.7 Å². The molecule has 9 heteroatoms. The Morgan fingerprint density at radius 1 is 1.21 bits per heavy atom. The minimum atomic E-state index is -4.43. The topological polar surface area (TPSA) is 70.8 Å². The minimum absolute atomic E-state index is 0.00821. The van der Waals surface area contributed by atoms with Gasteiger partial charge in [0.1, 0.15) is 12.3 Å². The first-order valence-corrected chi connectivity index (χ1v) is 6.80. The number of hydrogen-bond donors (Lipinski definition) is 0. The molecule has 2 aromatic rings. The first-order valence-electron chi connectivity index (χ1n) is 6.80. The number of halogens is 3. The molecule has 1 heterocycles. The SMILES string of the molecule is COCCOC(=O)Oc1oc(-c2ccc(C(F)(F)F)cc2)nc1C. The van der Waals surface area contributed by atoms with Crippen LogP contribution in [0, 0.1) is 6.92 Å². The molecular formula is C15H14F3NO5. The third kappa shape index (κ3) is 4.48. The van der Waals surface area contributed by atoms with Crippen LogP contribution in [-0.2, 0) is 15.7 Å². The number of alkyl halides is 3. The molecule has 1 aromatic carbocycles. The lowest BCUT2D eigenvalue weighted by Crippen LogP contribution is -2.14. The summed E-state index contributed by atoms with van der Waals surface area (Å²) in [5.41, 5.74) is -0.213. The van der Waals surface area contributed by atoms with Crippen LogP contribution in [-0.4, -0.2) is 31.5 Å². The van der Waals surface area contributed by atoms with E-state index < -0.39 is 17.9 Å². The van der Waals surface area contributed by atoms with Crippen LogP contribution in [0.25, 0.3) is 11.5 Å².